The molecule has 5 rings (SSSR count). The molecule has 132 valence electrons. The van der Waals surface area contributed by atoms with E-state index in [4.69, 9.17) is 0 Å². The second-order valence-corrected chi connectivity index (χ2v) is 7.48. The van der Waals surface area contributed by atoms with Crippen LogP contribution in [0.1, 0.15) is 25.0 Å². The molecular weight excluding hydrogens is 344 g/mol. The van der Waals surface area contributed by atoms with E-state index in [0.717, 1.165) is 32.7 Å². The first-order valence-electron chi connectivity index (χ1n) is 8.57. The SMILES string of the molecule is CC1(C)c2ccc([N+](=O)[O-])c3ccc4ccc5c([N+](=O)[O-])ccc1c5c4c23. The van der Waals surface area contributed by atoms with E-state index in [2.05, 4.69) is 13.8 Å². The smallest absolute Gasteiger partial charge is 0.258 e. The summed E-state index contributed by atoms with van der Waals surface area (Å²) < 4.78 is 0. The Morgan fingerprint density at radius 3 is 1.52 bits per heavy atom. The van der Waals surface area contributed by atoms with Gasteiger partial charge in [0.15, 0.2) is 0 Å². The molecule has 0 radical (unpaired) electrons. The van der Waals surface area contributed by atoms with Crippen LogP contribution in [0.25, 0.3) is 32.3 Å². The number of hydrogen-bond donors (Lipinski definition) is 0. The molecule has 27 heavy (non-hydrogen) atoms. The van der Waals surface area contributed by atoms with Gasteiger partial charge in [-0.25, -0.2) is 0 Å². The van der Waals surface area contributed by atoms with Crippen molar-refractivity contribution in [3.05, 3.63) is 79.9 Å². The summed E-state index contributed by atoms with van der Waals surface area (Å²) in [6.07, 6.45) is 0. The second kappa shape index (κ2) is 4.79. The molecule has 1 aliphatic rings. The van der Waals surface area contributed by atoms with Gasteiger partial charge >= 0.3 is 0 Å². The number of nitrogens with zero attached hydrogens (tertiary/aromatic N) is 2. The Bertz CT molecular complexity index is 1260. The van der Waals surface area contributed by atoms with Crippen LogP contribution in [0.15, 0.2) is 48.5 Å². The number of non-ortho nitro benzene ring substituents is 2. The molecule has 4 aromatic carbocycles. The highest BCUT2D eigenvalue weighted by molar-refractivity contribution is 6.26. The quantitative estimate of drug-likeness (QED) is 0.265. The minimum Gasteiger partial charge on any atom is -0.258 e. The van der Waals surface area contributed by atoms with Gasteiger partial charge in [0.25, 0.3) is 11.4 Å². The lowest BCUT2D eigenvalue weighted by Gasteiger charge is -2.33. The normalized spacial score (nSPS) is 14.4. The van der Waals surface area contributed by atoms with E-state index in [0.29, 0.717) is 10.8 Å². The van der Waals surface area contributed by atoms with Crippen molar-refractivity contribution in [2.45, 2.75) is 19.3 Å². The van der Waals surface area contributed by atoms with Gasteiger partial charge in [-0.3, -0.25) is 20.2 Å². The maximum atomic E-state index is 11.6. The highest BCUT2D eigenvalue weighted by Gasteiger charge is 2.35. The zero-order valence-corrected chi connectivity index (χ0v) is 14.6. The number of benzene rings is 4. The minimum absolute atomic E-state index is 0.0531. The van der Waals surface area contributed by atoms with Crippen molar-refractivity contribution >= 4 is 43.7 Å². The van der Waals surface area contributed by atoms with Crippen molar-refractivity contribution in [1.29, 1.82) is 0 Å². The monoisotopic (exact) mass is 358 g/mol. The second-order valence-electron chi connectivity index (χ2n) is 7.48. The summed E-state index contributed by atoms with van der Waals surface area (Å²) in [4.78, 5) is 22.4. The highest BCUT2D eigenvalue weighted by Crippen LogP contribution is 2.51. The number of hydrogen-bond acceptors (Lipinski definition) is 4. The predicted octanol–water partition coefficient (Wildman–Crippen LogP) is 5.60. The Hall–Kier alpha value is -3.54. The summed E-state index contributed by atoms with van der Waals surface area (Å²) in [6.45, 7) is 4.12. The molecule has 0 spiro atoms. The van der Waals surface area contributed by atoms with Crippen molar-refractivity contribution in [3.8, 4) is 0 Å². The van der Waals surface area contributed by atoms with Crippen LogP contribution in [0.5, 0.6) is 0 Å². The lowest BCUT2D eigenvalue weighted by molar-refractivity contribution is -0.383. The Labute approximate surface area is 153 Å². The molecule has 4 aromatic rings. The molecule has 1 aliphatic carbocycles. The summed E-state index contributed by atoms with van der Waals surface area (Å²) in [6, 6.07) is 14.0. The molecule has 0 heterocycles. The van der Waals surface area contributed by atoms with E-state index in [1.807, 2.05) is 24.3 Å². The molecule has 0 saturated heterocycles. The van der Waals surface area contributed by atoms with Gasteiger partial charge in [-0.2, -0.15) is 0 Å². The molecule has 0 N–H and O–H groups in total. The lowest BCUT2D eigenvalue weighted by atomic mass is 9.69. The highest BCUT2D eigenvalue weighted by atomic mass is 16.6. The van der Waals surface area contributed by atoms with Crippen LogP contribution >= 0.6 is 0 Å². The molecule has 0 saturated carbocycles. The first-order valence-corrected chi connectivity index (χ1v) is 8.57. The van der Waals surface area contributed by atoms with E-state index < -0.39 is 5.41 Å². The van der Waals surface area contributed by atoms with Crippen LogP contribution in [-0.2, 0) is 5.41 Å². The van der Waals surface area contributed by atoms with Gasteiger partial charge in [-0.1, -0.05) is 38.1 Å². The van der Waals surface area contributed by atoms with E-state index in [1.165, 1.54) is 0 Å². The maximum Gasteiger partial charge on any atom is 0.277 e. The molecule has 0 aromatic heterocycles. The fraction of sp³-hybridized carbons (Fsp3) is 0.143. The lowest BCUT2D eigenvalue weighted by Crippen LogP contribution is -2.22. The Balaban J connectivity index is 2.17. The molecule has 0 fully saturated rings. The summed E-state index contributed by atoms with van der Waals surface area (Å²) in [7, 11) is 0. The van der Waals surface area contributed by atoms with Crippen molar-refractivity contribution < 1.29 is 9.85 Å². The van der Waals surface area contributed by atoms with E-state index in [-0.39, 0.29) is 21.2 Å². The first kappa shape index (κ1) is 15.7. The molecule has 0 unspecified atom stereocenters. The van der Waals surface area contributed by atoms with Gasteiger partial charge < -0.3 is 0 Å². The third kappa shape index (κ3) is 1.79. The van der Waals surface area contributed by atoms with Crippen molar-refractivity contribution in [3.63, 3.8) is 0 Å². The summed E-state index contributed by atoms with van der Waals surface area (Å²) in [5.41, 5.74) is 1.68. The van der Waals surface area contributed by atoms with Crippen LogP contribution in [-0.4, -0.2) is 9.85 Å². The summed E-state index contributed by atoms with van der Waals surface area (Å²) in [5, 5.41) is 27.7. The Kier molecular flexibility index (Phi) is 2.79. The van der Waals surface area contributed by atoms with Crippen LogP contribution in [0.3, 0.4) is 0 Å². The fourth-order valence-corrected chi connectivity index (χ4v) is 4.58. The third-order valence-electron chi connectivity index (χ3n) is 5.83. The zero-order valence-electron chi connectivity index (χ0n) is 14.6. The number of nitro benzene ring substituents is 2. The van der Waals surface area contributed by atoms with Gasteiger partial charge in [0.2, 0.25) is 0 Å². The third-order valence-corrected chi connectivity index (χ3v) is 5.83. The molecule has 6 heteroatoms. The fourth-order valence-electron chi connectivity index (χ4n) is 4.58. The average molecular weight is 358 g/mol. The molecule has 0 bridgehead atoms. The van der Waals surface area contributed by atoms with Crippen molar-refractivity contribution in [1.82, 2.24) is 0 Å². The van der Waals surface area contributed by atoms with Gasteiger partial charge in [0.05, 0.1) is 20.6 Å². The Morgan fingerprint density at radius 2 is 1.11 bits per heavy atom. The maximum absolute atomic E-state index is 11.6. The molecule has 0 aliphatic heterocycles. The number of nitro groups is 2. The van der Waals surface area contributed by atoms with Gasteiger partial charge in [-0.15, -0.1) is 0 Å². The molecule has 0 amide bonds. The van der Waals surface area contributed by atoms with E-state index >= 15 is 0 Å². The van der Waals surface area contributed by atoms with Crippen LogP contribution in [0.4, 0.5) is 11.4 Å². The van der Waals surface area contributed by atoms with Crippen molar-refractivity contribution in [2.75, 3.05) is 0 Å². The molecule has 6 nitrogen and oxygen atoms in total. The first-order chi connectivity index (χ1) is 12.8. The number of rotatable bonds is 2. The van der Waals surface area contributed by atoms with E-state index in [1.54, 1.807) is 24.3 Å². The van der Waals surface area contributed by atoms with E-state index in [9.17, 15) is 20.2 Å². The van der Waals surface area contributed by atoms with Crippen LogP contribution < -0.4 is 0 Å². The molecular formula is C21H14N2O4. The zero-order chi connectivity index (χ0) is 19.1. The van der Waals surface area contributed by atoms with Gasteiger partial charge in [0, 0.05) is 28.3 Å². The van der Waals surface area contributed by atoms with Crippen molar-refractivity contribution in [2.24, 2.45) is 0 Å². The Morgan fingerprint density at radius 1 is 0.667 bits per heavy atom. The minimum atomic E-state index is -0.427. The standard InChI is InChI=1S/C21H14N2O4/c1-21(2)14-7-9-16(22(24)25)12-5-3-11-4-6-13-17(23(26)27)10-8-15(21)20(13)18(11)19(12)14/h3-10H,1-2H3. The van der Waals surface area contributed by atoms with Crippen LogP contribution in [0.2, 0.25) is 0 Å². The van der Waals surface area contributed by atoms with Gasteiger partial charge in [-0.05, 0) is 34.0 Å². The average Bonchev–Trinajstić information content (AvgIpc) is 2.64. The predicted molar refractivity (Wildman–Crippen MR) is 104 cm³/mol. The topological polar surface area (TPSA) is 86.3 Å². The summed E-state index contributed by atoms with van der Waals surface area (Å²) >= 11 is 0. The summed E-state index contributed by atoms with van der Waals surface area (Å²) in [5.74, 6) is 0. The molecule has 0 atom stereocenters. The largest absolute Gasteiger partial charge is 0.277 e. The van der Waals surface area contributed by atoms with Crippen LogP contribution in [0, 0.1) is 20.2 Å². The van der Waals surface area contributed by atoms with Gasteiger partial charge in [0.1, 0.15) is 0 Å².